The number of aliphatic carboxylic acids is 2. The smallest absolute Gasteiger partial charge is 0.328 e. The maximum Gasteiger partial charge on any atom is 0.328 e. The summed E-state index contributed by atoms with van der Waals surface area (Å²) >= 11 is 0. The van der Waals surface area contributed by atoms with Gasteiger partial charge in [0.05, 0.1) is 25.2 Å². The number of carbonyl (C=O) groups excluding carboxylic acids is 1. The van der Waals surface area contributed by atoms with E-state index in [0.717, 1.165) is 12.8 Å². The summed E-state index contributed by atoms with van der Waals surface area (Å²) in [5.74, 6) is -2.81. The number of hydrogen-bond donors (Lipinski definition) is 7. The fourth-order valence-corrected chi connectivity index (χ4v) is 2.40. The summed E-state index contributed by atoms with van der Waals surface area (Å²) in [6.07, 6.45) is 2.02. The molecular weight excluding hydrogens is 388 g/mol. The van der Waals surface area contributed by atoms with Gasteiger partial charge in [0.1, 0.15) is 6.04 Å². The van der Waals surface area contributed by atoms with Crippen LogP contribution in [0.4, 0.5) is 0 Å². The van der Waals surface area contributed by atoms with E-state index in [0.29, 0.717) is 13.0 Å². The Hall–Kier alpha value is -2.61. The summed E-state index contributed by atoms with van der Waals surface area (Å²) < 4.78 is 5.17. The maximum atomic E-state index is 11.9. The van der Waals surface area contributed by atoms with Crippen molar-refractivity contribution in [3.63, 3.8) is 0 Å². The van der Waals surface area contributed by atoms with Crippen LogP contribution in [-0.2, 0) is 14.4 Å². The molecule has 0 fully saturated rings. The van der Waals surface area contributed by atoms with Crippen LogP contribution in [0.25, 0.3) is 0 Å². The van der Waals surface area contributed by atoms with E-state index in [-0.39, 0.29) is 31.1 Å². The third kappa shape index (κ3) is 8.95. The molecule has 0 spiro atoms. The number of carbonyl (C=O) groups is 3. The van der Waals surface area contributed by atoms with Gasteiger partial charge in [0.25, 0.3) is 0 Å². The largest absolute Gasteiger partial charge is 0.481 e. The number of nitrogens with one attached hydrogen (secondary N) is 2. The van der Waals surface area contributed by atoms with E-state index in [1.165, 1.54) is 0 Å². The van der Waals surface area contributed by atoms with Crippen molar-refractivity contribution in [1.82, 2.24) is 20.8 Å². The summed E-state index contributed by atoms with van der Waals surface area (Å²) in [4.78, 5) is 37.8. The van der Waals surface area contributed by atoms with Gasteiger partial charge in [-0.25, -0.2) is 4.79 Å². The first-order valence-electron chi connectivity index (χ1n) is 9.15. The molecular formula is C16H28N6O7. The van der Waals surface area contributed by atoms with E-state index in [9.17, 15) is 14.4 Å². The van der Waals surface area contributed by atoms with Gasteiger partial charge in [-0.2, -0.15) is 4.98 Å². The second-order valence-electron chi connectivity index (χ2n) is 6.39. The fourth-order valence-electron chi connectivity index (χ4n) is 2.40. The molecule has 1 rings (SSSR count). The first-order chi connectivity index (χ1) is 13.8. The minimum Gasteiger partial charge on any atom is -0.481 e. The highest BCUT2D eigenvalue weighted by atomic mass is 16.5. The summed E-state index contributed by atoms with van der Waals surface area (Å²) in [6.45, 7) is -0.570. The fraction of sp³-hybridized carbons (Fsp3) is 0.688. The molecule has 13 nitrogen and oxygen atoms in total. The number of aliphatic hydroxyl groups excluding tert-OH is 1. The predicted molar refractivity (Wildman–Crippen MR) is 98.4 cm³/mol. The highest BCUT2D eigenvalue weighted by Gasteiger charge is 2.24. The molecule has 0 saturated carbocycles. The molecule has 0 aromatic carbocycles. The number of carboxylic acid groups (broad SMARTS) is 2. The number of nitrogens with two attached hydrogens (primary N) is 2. The molecule has 13 heteroatoms. The number of unbranched alkanes of at least 4 members (excludes halogenated alkanes) is 1. The Morgan fingerprint density at radius 2 is 1.90 bits per heavy atom. The van der Waals surface area contributed by atoms with Crippen LogP contribution in [0.1, 0.15) is 55.9 Å². The van der Waals surface area contributed by atoms with Crippen molar-refractivity contribution in [3.05, 3.63) is 11.7 Å². The van der Waals surface area contributed by atoms with Gasteiger partial charge < -0.3 is 36.6 Å². The zero-order valence-corrected chi connectivity index (χ0v) is 15.9. The summed E-state index contributed by atoms with van der Waals surface area (Å²) in [5.41, 5.74) is 11.5. The molecule has 0 aliphatic rings. The van der Waals surface area contributed by atoms with Crippen LogP contribution in [-0.4, -0.2) is 69.0 Å². The van der Waals surface area contributed by atoms with E-state index in [1.807, 2.05) is 0 Å². The van der Waals surface area contributed by atoms with E-state index < -0.39 is 42.6 Å². The van der Waals surface area contributed by atoms with Crippen molar-refractivity contribution < 1.29 is 34.2 Å². The molecule has 0 aliphatic heterocycles. The molecule has 1 amide bonds. The molecule has 0 aliphatic carbocycles. The molecule has 0 bridgehead atoms. The van der Waals surface area contributed by atoms with Crippen molar-refractivity contribution in [1.29, 1.82) is 0 Å². The Balaban J connectivity index is 2.73. The van der Waals surface area contributed by atoms with Crippen molar-refractivity contribution in [2.75, 3.05) is 19.7 Å². The average Bonchev–Trinajstić information content (AvgIpc) is 3.15. The Labute approximate surface area is 166 Å². The van der Waals surface area contributed by atoms with Crippen LogP contribution in [0, 0.1) is 0 Å². The molecule has 0 radical (unpaired) electrons. The van der Waals surface area contributed by atoms with Crippen LogP contribution >= 0.6 is 0 Å². The maximum absolute atomic E-state index is 11.9. The molecule has 1 aromatic rings. The normalized spacial score (nSPS) is 14.2. The van der Waals surface area contributed by atoms with Gasteiger partial charge in [-0.05, 0) is 25.8 Å². The number of nitrogens with zero attached hydrogens (tertiary/aromatic N) is 2. The van der Waals surface area contributed by atoms with Gasteiger partial charge in [-0.1, -0.05) is 11.6 Å². The third-order valence-corrected chi connectivity index (χ3v) is 4.03. The van der Waals surface area contributed by atoms with Gasteiger partial charge >= 0.3 is 11.9 Å². The lowest BCUT2D eigenvalue weighted by Crippen LogP contribution is -2.47. The lowest BCUT2D eigenvalue weighted by atomic mass is 10.1. The second-order valence-corrected chi connectivity index (χ2v) is 6.39. The standard InChI is InChI=1S/C16H28N6O7/c17-6-2-1-3-9(18)14-21-15(29-22-14)10(4-5-13(25)26)19-7-12(24)20-11(8-23)16(27)28/h9-11,19,23H,1-8,17-18H2,(H,20,24)(H,25,26)(H,27,28)/t9-,10-,11-/m0/s1. The zero-order valence-electron chi connectivity index (χ0n) is 15.9. The van der Waals surface area contributed by atoms with E-state index in [2.05, 4.69) is 20.8 Å². The highest BCUT2D eigenvalue weighted by Crippen LogP contribution is 2.20. The van der Waals surface area contributed by atoms with Crippen LogP contribution in [0.5, 0.6) is 0 Å². The topological polar surface area (TPSA) is 227 Å². The van der Waals surface area contributed by atoms with Crippen molar-refractivity contribution >= 4 is 17.8 Å². The average molecular weight is 416 g/mol. The number of hydrogen-bond acceptors (Lipinski definition) is 10. The molecule has 0 unspecified atom stereocenters. The molecule has 29 heavy (non-hydrogen) atoms. The van der Waals surface area contributed by atoms with E-state index in [1.54, 1.807) is 0 Å². The van der Waals surface area contributed by atoms with Gasteiger partial charge in [0.2, 0.25) is 11.8 Å². The molecule has 1 aromatic heterocycles. The van der Waals surface area contributed by atoms with Crippen LogP contribution in [0.15, 0.2) is 4.52 Å². The van der Waals surface area contributed by atoms with Gasteiger partial charge in [0.15, 0.2) is 5.82 Å². The Bertz CT molecular complexity index is 668. The number of aromatic nitrogens is 2. The first-order valence-corrected chi connectivity index (χ1v) is 9.15. The van der Waals surface area contributed by atoms with Crippen LogP contribution < -0.4 is 22.1 Å². The minimum atomic E-state index is -1.44. The van der Waals surface area contributed by atoms with E-state index in [4.69, 9.17) is 31.3 Å². The van der Waals surface area contributed by atoms with Gasteiger partial charge in [-0.15, -0.1) is 0 Å². The van der Waals surface area contributed by atoms with Crippen molar-refractivity contribution in [2.45, 2.75) is 50.2 Å². The number of rotatable bonds is 15. The molecule has 0 saturated heterocycles. The van der Waals surface area contributed by atoms with Crippen molar-refractivity contribution in [3.8, 4) is 0 Å². The second kappa shape index (κ2) is 12.8. The van der Waals surface area contributed by atoms with Crippen LogP contribution in [0.2, 0.25) is 0 Å². The summed E-state index contributed by atoms with van der Waals surface area (Å²) in [7, 11) is 0. The summed E-state index contributed by atoms with van der Waals surface area (Å²) in [5, 5.41) is 35.4. The Morgan fingerprint density at radius 1 is 1.17 bits per heavy atom. The van der Waals surface area contributed by atoms with Crippen molar-refractivity contribution in [2.24, 2.45) is 11.5 Å². The monoisotopic (exact) mass is 416 g/mol. The van der Waals surface area contributed by atoms with Gasteiger partial charge in [0, 0.05) is 6.42 Å². The molecule has 3 atom stereocenters. The number of carboxylic acids is 2. The predicted octanol–water partition coefficient (Wildman–Crippen LogP) is -1.74. The Morgan fingerprint density at radius 3 is 2.48 bits per heavy atom. The molecule has 9 N–H and O–H groups in total. The van der Waals surface area contributed by atoms with Crippen LogP contribution in [0.3, 0.4) is 0 Å². The summed E-state index contributed by atoms with van der Waals surface area (Å²) in [6, 6.07) is -2.67. The SMILES string of the molecule is NCCCC[C@H](N)c1noc([C@H](CCC(=O)O)NCC(=O)N[C@@H](CO)C(=O)O)n1. The third-order valence-electron chi connectivity index (χ3n) is 4.03. The van der Waals surface area contributed by atoms with E-state index >= 15 is 0 Å². The number of amides is 1. The Kier molecular flexibility index (Phi) is 10.8. The highest BCUT2D eigenvalue weighted by molar-refractivity contribution is 5.84. The molecule has 1 heterocycles. The molecule has 164 valence electrons. The first kappa shape index (κ1) is 24.4. The zero-order chi connectivity index (χ0) is 21.8. The lowest BCUT2D eigenvalue weighted by molar-refractivity contribution is -0.143. The quantitative estimate of drug-likeness (QED) is 0.158. The minimum absolute atomic E-state index is 0.0506. The van der Waals surface area contributed by atoms with Gasteiger partial charge in [-0.3, -0.25) is 14.9 Å². The number of aliphatic hydroxyl groups is 1. The lowest BCUT2D eigenvalue weighted by Gasteiger charge is -2.16.